The van der Waals surface area contributed by atoms with E-state index in [9.17, 15) is 0 Å². The lowest BCUT2D eigenvalue weighted by Gasteiger charge is -2.55. The second-order valence-corrected chi connectivity index (χ2v) is 8.28. The second kappa shape index (κ2) is 5.26. The van der Waals surface area contributed by atoms with Gasteiger partial charge < -0.3 is 5.73 Å². The van der Waals surface area contributed by atoms with E-state index in [4.69, 9.17) is 5.73 Å². The Kier molecular flexibility index (Phi) is 3.89. The summed E-state index contributed by atoms with van der Waals surface area (Å²) < 4.78 is 0. The first-order valence-electron chi connectivity index (χ1n) is 8.63. The molecule has 0 aromatic rings. The van der Waals surface area contributed by atoms with Crippen molar-refractivity contribution in [1.82, 2.24) is 9.80 Å². The van der Waals surface area contributed by atoms with E-state index in [-0.39, 0.29) is 5.54 Å². The van der Waals surface area contributed by atoms with Crippen LogP contribution in [0.25, 0.3) is 0 Å². The molecule has 3 nitrogen and oxygen atoms in total. The zero-order chi connectivity index (χ0) is 14.4. The van der Waals surface area contributed by atoms with Gasteiger partial charge in [-0.05, 0) is 58.4 Å². The highest BCUT2D eigenvalue weighted by Gasteiger charge is 2.47. The van der Waals surface area contributed by atoms with E-state index in [2.05, 4.69) is 30.7 Å². The number of likely N-dealkylation sites (N-methyl/N-ethyl adjacent to an activating group) is 1. The van der Waals surface area contributed by atoms with Gasteiger partial charge in [-0.3, -0.25) is 9.80 Å². The van der Waals surface area contributed by atoms with E-state index in [1.165, 1.54) is 58.2 Å². The Morgan fingerprint density at radius 2 is 1.85 bits per heavy atom. The molecule has 3 fully saturated rings. The molecule has 2 aliphatic carbocycles. The third kappa shape index (κ3) is 2.65. The van der Waals surface area contributed by atoms with Crippen LogP contribution in [0.1, 0.15) is 52.4 Å². The quantitative estimate of drug-likeness (QED) is 0.860. The maximum absolute atomic E-state index is 6.32. The second-order valence-electron chi connectivity index (χ2n) is 8.28. The summed E-state index contributed by atoms with van der Waals surface area (Å²) in [5.41, 5.74) is 6.91. The molecule has 1 heterocycles. The molecule has 116 valence electrons. The van der Waals surface area contributed by atoms with Gasteiger partial charge in [-0.15, -0.1) is 0 Å². The van der Waals surface area contributed by atoms with E-state index in [1.54, 1.807) is 0 Å². The Morgan fingerprint density at radius 3 is 2.45 bits per heavy atom. The van der Waals surface area contributed by atoms with Gasteiger partial charge in [0.15, 0.2) is 0 Å². The topological polar surface area (TPSA) is 32.5 Å². The lowest BCUT2D eigenvalue weighted by Crippen LogP contribution is -2.66. The average Bonchev–Trinajstić information content (AvgIpc) is 3.26. The Bertz CT molecular complexity index is 350. The molecule has 2 saturated carbocycles. The maximum atomic E-state index is 6.32. The molecule has 0 radical (unpaired) electrons. The Labute approximate surface area is 124 Å². The molecule has 2 N–H and O–H groups in total. The van der Waals surface area contributed by atoms with E-state index in [0.29, 0.717) is 5.54 Å². The summed E-state index contributed by atoms with van der Waals surface area (Å²) in [4.78, 5) is 5.27. The predicted molar refractivity (Wildman–Crippen MR) is 84.7 cm³/mol. The lowest BCUT2D eigenvalue weighted by molar-refractivity contribution is -0.0468. The van der Waals surface area contributed by atoms with Crippen LogP contribution >= 0.6 is 0 Å². The number of hydrogen-bond donors (Lipinski definition) is 1. The minimum absolute atomic E-state index is 0.285. The molecular formula is C17H33N3. The van der Waals surface area contributed by atoms with Crippen LogP contribution in [0.15, 0.2) is 0 Å². The highest BCUT2D eigenvalue weighted by atomic mass is 15.3. The van der Waals surface area contributed by atoms with E-state index >= 15 is 0 Å². The predicted octanol–water partition coefficient (Wildman–Crippen LogP) is 2.31. The molecule has 0 spiro atoms. The van der Waals surface area contributed by atoms with Gasteiger partial charge in [-0.1, -0.05) is 12.8 Å². The monoisotopic (exact) mass is 279 g/mol. The van der Waals surface area contributed by atoms with Crippen LogP contribution in [-0.2, 0) is 0 Å². The van der Waals surface area contributed by atoms with Crippen molar-refractivity contribution in [3.8, 4) is 0 Å². The fraction of sp³-hybridized carbons (Fsp3) is 1.00. The van der Waals surface area contributed by atoms with Crippen molar-refractivity contribution in [2.24, 2.45) is 17.6 Å². The zero-order valence-electron chi connectivity index (χ0n) is 13.7. The molecular weight excluding hydrogens is 246 g/mol. The highest BCUT2D eigenvalue weighted by Crippen LogP contribution is 2.48. The zero-order valence-corrected chi connectivity index (χ0v) is 13.7. The van der Waals surface area contributed by atoms with Crippen LogP contribution in [0, 0.1) is 11.8 Å². The number of piperazine rings is 1. The molecule has 0 aromatic heterocycles. The Morgan fingerprint density at radius 1 is 1.10 bits per heavy atom. The van der Waals surface area contributed by atoms with Crippen molar-refractivity contribution < 1.29 is 0 Å². The molecule has 0 bridgehead atoms. The fourth-order valence-electron chi connectivity index (χ4n) is 4.60. The van der Waals surface area contributed by atoms with Gasteiger partial charge in [0.2, 0.25) is 0 Å². The third-order valence-corrected chi connectivity index (χ3v) is 6.52. The summed E-state index contributed by atoms with van der Waals surface area (Å²) >= 11 is 0. The van der Waals surface area contributed by atoms with Gasteiger partial charge in [0.1, 0.15) is 0 Å². The molecule has 2 unspecified atom stereocenters. The van der Waals surface area contributed by atoms with E-state index < -0.39 is 0 Å². The number of nitrogens with zero attached hydrogens (tertiary/aromatic N) is 2. The van der Waals surface area contributed by atoms with Crippen molar-refractivity contribution in [3.05, 3.63) is 0 Å². The summed E-state index contributed by atoms with van der Waals surface area (Å²) in [5.74, 6) is 2.01. The van der Waals surface area contributed by atoms with Gasteiger partial charge in [-0.2, -0.15) is 0 Å². The van der Waals surface area contributed by atoms with Crippen molar-refractivity contribution in [2.75, 3.05) is 33.2 Å². The maximum Gasteiger partial charge on any atom is 0.0335 e. The summed E-state index contributed by atoms with van der Waals surface area (Å²) in [5, 5.41) is 0. The van der Waals surface area contributed by atoms with Crippen molar-refractivity contribution in [1.29, 1.82) is 0 Å². The first kappa shape index (κ1) is 14.8. The minimum Gasteiger partial charge on any atom is -0.329 e. The van der Waals surface area contributed by atoms with Crippen LogP contribution in [0.4, 0.5) is 0 Å². The smallest absolute Gasteiger partial charge is 0.0335 e. The first-order chi connectivity index (χ1) is 9.47. The molecule has 3 rings (SSSR count). The first-order valence-corrected chi connectivity index (χ1v) is 8.63. The normalized spacial score (nSPS) is 39.9. The fourth-order valence-corrected chi connectivity index (χ4v) is 4.60. The average molecular weight is 279 g/mol. The van der Waals surface area contributed by atoms with Gasteiger partial charge in [0.05, 0.1) is 0 Å². The van der Waals surface area contributed by atoms with Crippen LogP contribution in [0.2, 0.25) is 0 Å². The Balaban J connectivity index is 1.74. The molecule has 0 amide bonds. The van der Waals surface area contributed by atoms with Gasteiger partial charge in [0, 0.05) is 37.3 Å². The van der Waals surface area contributed by atoms with E-state index in [1.807, 2.05) is 0 Å². The van der Waals surface area contributed by atoms with Crippen molar-refractivity contribution >= 4 is 0 Å². The molecule has 20 heavy (non-hydrogen) atoms. The SMILES string of the molecule is CN1CCN(C2(CN)CCCC(C3CC3)C2)CC1(C)C. The molecule has 3 heteroatoms. The van der Waals surface area contributed by atoms with Crippen molar-refractivity contribution in [2.45, 2.75) is 63.5 Å². The van der Waals surface area contributed by atoms with Crippen LogP contribution in [0.3, 0.4) is 0 Å². The standard InChI is InChI=1S/C17H33N3/c1-16(2)13-20(10-9-19(16)3)17(12-18)8-4-5-15(11-17)14-6-7-14/h14-15H,4-13,18H2,1-3H3. The van der Waals surface area contributed by atoms with Crippen LogP contribution < -0.4 is 5.73 Å². The van der Waals surface area contributed by atoms with Gasteiger partial charge in [0.25, 0.3) is 0 Å². The lowest BCUT2D eigenvalue weighted by atomic mass is 9.72. The molecule has 0 aromatic carbocycles. The summed E-state index contributed by atoms with van der Waals surface area (Å²) in [7, 11) is 2.26. The largest absolute Gasteiger partial charge is 0.329 e. The molecule has 1 aliphatic heterocycles. The molecule has 2 atom stereocenters. The summed E-state index contributed by atoms with van der Waals surface area (Å²) in [6, 6.07) is 0. The summed E-state index contributed by atoms with van der Waals surface area (Å²) in [6.45, 7) is 9.18. The van der Waals surface area contributed by atoms with Gasteiger partial charge in [-0.25, -0.2) is 0 Å². The van der Waals surface area contributed by atoms with Crippen LogP contribution in [0.5, 0.6) is 0 Å². The third-order valence-electron chi connectivity index (χ3n) is 6.52. The minimum atomic E-state index is 0.285. The Hall–Kier alpha value is -0.120. The molecule has 3 aliphatic rings. The number of hydrogen-bond acceptors (Lipinski definition) is 3. The van der Waals surface area contributed by atoms with Gasteiger partial charge >= 0.3 is 0 Å². The number of rotatable bonds is 3. The van der Waals surface area contributed by atoms with E-state index in [0.717, 1.165) is 18.4 Å². The van der Waals surface area contributed by atoms with Crippen molar-refractivity contribution in [3.63, 3.8) is 0 Å². The van der Waals surface area contributed by atoms with Crippen LogP contribution in [-0.4, -0.2) is 54.1 Å². The number of nitrogens with two attached hydrogens (primary N) is 1. The summed E-state index contributed by atoms with van der Waals surface area (Å²) in [6.07, 6.45) is 8.52. The highest BCUT2D eigenvalue weighted by molar-refractivity contribution is 5.03. The molecule has 1 saturated heterocycles.